The van der Waals surface area contributed by atoms with Gasteiger partial charge in [-0.05, 0) is 40.2 Å². The number of hydrogen-bond donors (Lipinski definition) is 1. The zero-order valence-electron chi connectivity index (χ0n) is 11.7. The smallest absolute Gasteiger partial charge is 0.0599 e. The monoisotopic (exact) mass is 235 g/mol. The zero-order chi connectivity index (χ0) is 12.9. The largest absolute Gasteiger partial charge is 0.375 e. The van der Waals surface area contributed by atoms with Crippen LogP contribution >= 0.6 is 0 Å². The Hall–Kier alpha value is -0.860. The van der Waals surface area contributed by atoms with Crippen LogP contribution < -0.4 is 5.32 Å². The summed E-state index contributed by atoms with van der Waals surface area (Å²) in [7, 11) is 0. The quantitative estimate of drug-likeness (QED) is 0.789. The van der Waals surface area contributed by atoms with Crippen molar-refractivity contribution in [2.45, 2.75) is 46.3 Å². The SMILES string of the molecule is Cc1ccc(C(C)NCCOC(C)(C)C)cc1. The molecule has 0 aliphatic heterocycles. The minimum Gasteiger partial charge on any atom is -0.375 e. The first-order valence-electron chi connectivity index (χ1n) is 6.32. The normalized spacial score (nSPS) is 13.7. The van der Waals surface area contributed by atoms with Crippen LogP contribution in [0.3, 0.4) is 0 Å². The molecule has 0 heterocycles. The van der Waals surface area contributed by atoms with Crippen LogP contribution in [0.4, 0.5) is 0 Å². The zero-order valence-corrected chi connectivity index (χ0v) is 11.7. The van der Waals surface area contributed by atoms with Crippen LogP contribution in [0.15, 0.2) is 24.3 Å². The predicted octanol–water partition coefficient (Wildman–Crippen LogP) is 3.46. The fourth-order valence-electron chi connectivity index (χ4n) is 1.61. The van der Waals surface area contributed by atoms with E-state index in [0.29, 0.717) is 6.04 Å². The number of hydrogen-bond acceptors (Lipinski definition) is 2. The standard InChI is InChI=1S/C15H25NO/c1-12-6-8-14(9-7-12)13(2)16-10-11-17-15(3,4)5/h6-9,13,16H,10-11H2,1-5H3. The van der Waals surface area contributed by atoms with Gasteiger partial charge in [-0.1, -0.05) is 29.8 Å². The van der Waals surface area contributed by atoms with E-state index in [9.17, 15) is 0 Å². The summed E-state index contributed by atoms with van der Waals surface area (Å²) in [5, 5.41) is 3.47. The van der Waals surface area contributed by atoms with Crippen molar-refractivity contribution in [3.63, 3.8) is 0 Å². The van der Waals surface area contributed by atoms with Gasteiger partial charge in [0.2, 0.25) is 0 Å². The van der Waals surface area contributed by atoms with Crippen LogP contribution in [-0.4, -0.2) is 18.8 Å². The molecule has 0 radical (unpaired) electrons. The van der Waals surface area contributed by atoms with Crippen LogP contribution in [0.1, 0.15) is 44.9 Å². The molecule has 0 aliphatic carbocycles. The van der Waals surface area contributed by atoms with Crippen molar-refractivity contribution < 1.29 is 4.74 Å². The molecule has 1 N–H and O–H groups in total. The summed E-state index contributed by atoms with van der Waals surface area (Å²) in [6.07, 6.45) is 0. The number of nitrogens with one attached hydrogen (secondary N) is 1. The molecule has 96 valence electrons. The van der Waals surface area contributed by atoms with Crippen molar-refractivity contribution in [3.8, 4) is 0 Å². The summed E-state index contributed by atoms with van der Waals surface area (Å²) in [6.45, 7) is 12.2. The lowest BCUT2D eigenvalue weighted by Crippen LogP contribution is -2.28. The van der Waals surface area contributed by atoms with E-state index in [0.717, 1.165) is 13.2 Å². The maximum absolute atomic E-state index is 5.67. The highest BCUT2D eigenvalue weighted by molar-refractivity contribution is 5.23. The van der Waals surface area contributed by atoms with Gasteiger partial charge in [-0.2, -0.15) is 0 Å². The molecule has 2 nitrogen and oxygen atoms in total. The molecule has 1 aromatic carbocycles. The van der Waals surface area contributed by atoms with Crippen molar-refractivity contribution in [1.29, 1.82) is 0 Å². The van der Waals surface area contributed by atoms with E-state index < -0.39 is 0 Å². The Morgan fingerprint density at radius 3 is 2.29 bits per heavy atom. The van der Waals surface area contributed by atoms with Gasteiger partial charge in [0, 0.05) is 12.6 Å². The highest BCUT2D eigenvalue weighted by atomic mass is 16.5. The molecule has 2 heteroatoms. The first kappa shape index (κ1) is 14.2. The second kappa shape index (κ2) is 6.18. The van der Waals surface area contributed by atoms with Gasteiger partial charge in [0.25, 0.3) is 0 Å². The lowest BCUT2D eigenvalue weighted by Gasteiger charge is -2.21. The predicted molar refractivity (Wildman–Crippen MR) is 73.3 cm³/mol. The van der Waals surface area contributed by atoms with E-state index >= 15 is 0 Å². The van der Waals surface area contributed by atoms with E-state index in [1.54, 1.807) is 0 Å². The van der Waals surface area contributed by atoms with Gasteiger partial charge in [0.15, 0.2) is 0 Å². The van der Waals surface area contributed by atoms with E-state index in [2.05, 4.69) is 64.2 Å². The molecule has 0 fully saturated rings. The van der Waals surface area contributed by atoms with Crippen molar-refractivity contribution in [1.82, 2.24) is 5.32 Å². The highest BCUT2D eigenvalue weighted by Crippen LogP contribution is 2.12. The van der Waals surface area contributed by atoms with E-state index in [-0.39, 0.29) is 5.60 Å². The summed E-state index contributed by atoms with van der Waals surface area (Å²) >= 11 is 0. The van der Waals surface area contributed by atoms with Crippen LogP contribution in [0.2, 0.25) is 0 Å². The summed E-state index contributed by atoms with van der Waals surface area (Å²) in [6, 6.07) is 9.03. The Balaban J connectivity index is 2.30. The van der Waals surface area contributed by atoms with Gasteiger partial charge in [0.05, 0.1) is 12.2 Å². The molecule has 0 aliphatic rings. The van der Waals surface area contributed by atoms with Crippen LogP contribution in [0.5, 0.6) is 0 Å². The minimum absolute atomic E-state index is 0.0468. The van der Waals surface area contributed by atoms with Crippen LogP contribution in [0, 0.1) is 6.92 Å². The lowest BCUT2D eigenvalue weighted by atomic mass is 10.1. The second-order valence-electron chi connectivity index (χ2n) is 5.55. The van der Waals surface area contributed by atoms with Gasteiger partial charge in [-0.3, -0.25) is 0 Å². The van der Waals surface area contributed by atoms with E-state index in [1.807, 2.05) is 0 Å². The fraction of sp³-hybridized carbons (Fsp3) is 0.600. The molecule has 0 aromatic heterocycles. The second-order valence-corrected chi connectivity index (χ2v) is 5.55. The molecule has 0 saturated heterocycles. The summed E-state index contributed by atoms with van der Waals surface area (Å²) in [4.78, 5) is 0. The maximum Gasteiger partial charge on any atom is 0.0599 e. The number of rotatable bonds is 5. The average Bonchev–Trinajstić information content (AvgIpc) is 2.24. The third-order valence-corrected chi connectivity index (χ3v) is 2.67. The minimum atomic E-state index is -0.0468. The Labute approximate surface area is 105 Å². The van der Waals surface area contributed by atoms with E-state index in [1.165, 1.54) is 11.1 Å². The molecule has 0 amide bonds. The van der Waals surface area contributed by atoms with Gasteiger partial charge in [-0.25, -0.2) is 0 Å². The summed E-state index contributed by atoms with van der Waals surface area (Å²) in [5.41, 5.74) is 2.58. The molecule has 1 rings (SSSR count). The van der Waals surface area contributed by atoms with Gasteiger partial charge in [0.1, 0.15) is 0 Å². The summed E-state index contributed by atoms with van der Waals surface area (Å²) in [5.74, 6) is 0. The third-order valence-electron chi connectivity index (χ3n) is 2.67. The Bertz CT molecular complexity index is 324. The highest BCUT2D eigenvalue weighted by Gasteiger charge is 2.09. The molecule has 1 atom stereocenters. The van der Waals surface area contributed by atoms with Gasteiger partial charge < -0.3 is 10.1 Å². The summed E-state index contributed by atoms with van der Waals surface area (Å²) < 4.78 is 5.67. The number of benzene rings is 1. The average molecular weight is 235 g/mol. The third kappa shape index (κ3) is 5.85. The van der Waals surface area contributed by atoms with Gasteiger partial charge >= 0.3 is 0 Å². The lowest BCUT2D eigenvalue weighted by molar-refractivity contribution is -0.00149. The van der Waals surface area contributed by atoms with Crippen LogP contribution in [0.25, 0.3) is 0 Å². The first-order chi connectivity index (χ1) is 7.88. The molecule has 0 bridgehead atoms. The maximum atomic E-state index is 5.67. The Morgan fingerprint density at radius 1 is 1.18 bits per heavy atom. The molecule has 0 saturated carbocycles. The van der Waals surface area contributed by atoms with Crippen molar-refractivity contribution in [3.05, 3.63) is 35.4 Å². The number of ether oxygens (including phenoxy) is 1. The molecular formula is C15H25NO. The van der Waals surface area contributed by atoms with Crippen LogP contribution in [-0.2, 0) is 4.74 Å². The number of aryl methyl sites for hydroxylation is 1. The van der Waals surface area contributed by atoms with Gasteiger partial charge in [-0.15, -0.1) is 0 Å². The Morgan fingerprint density at radius 2 is 1.76 bits per heavy atom. The van der Waals surface area contributed by atoms with Crippen molar-refractivity contribution in [2.75, 3.05) is 13.2 Å². The fourth-order valence-corrected chi connectivity index (χ4v) is 1.61. The van der Waals surface area contributed by atoms with Crippen molar-refractivity contribution in [2.24, 2.45) is 0 Å². The molecule has 17 heavy (non-hydrogen) atoms. The Kier molecular flexibility index (Phi) is 5.16. The molecular weight excluding hydrogens is 210 g/mol. The molecule has 1 unspecified atom stereocenters. The topological polar surface area (TPSA) is 21.3 Å². The van der Waals surface area contributed by atoms with E-state index in [4.69, 9.17) is 4.74 Å². The first-order valence-corrected chi connectivity index (χ1v) is 6.32. The van der Waals surface area contributed by atoms with Crippen molar-refractivity contribution >= 4 is 0 Å². The molecule has 1 aromatic rings. The molecule has 0 spiro atoms.